The zero-order chi connectivity index (χ0) is 17.9. The molecule has 0 aliphatic heterocycles. The van der Waals surface area contributed by atoms with E-state index in [-0.39, 0.29) is 24.8 Å². The van der Waals surface area contributed by atoms with Crippen LogP contribution in [0.1, 0.15) is 40.5 Å². The van der Waals surface area contributed by atoms with Gasteiger partial charge in [0.25, 0.3) is 0 Å². The normalized spacial score (nSPS) is 12.2. The first-order valence-electron chi connectivity index (χ1n) is 7.61. The molecule has 0 spiro atoms. The highest BCUT2D eigenvalue weighted by atomic mass is 32.2. The molecular weight excluding hydrogens is 320 g/mol. The second-order valence-corrected chi connectivity index (χ2v) is 6.81. The van der Waals surface area contributed by atoms with Crippen molar-refractivity contribution < 1.29 is 23.9 Å². The molecule has 0 rings (SSSR count). The molecule has 0 radical (unpaired) electrons. The van der Waals surface area contributed by atoms with Gasteiger partial charge in [-0.3, -0.25) is 9.59 Å². The quantitative estimate of drug-likeness (QED) is 0.616. The van der Waals surface area contributed by atoms with Gasteiger partial charge >= 0.3 is 12.1 Å². The molecule has 0 aliphatic carbocycles. The molecule has 8 heteroatoms. The van der Waals surface area contributed by atoms with Crippen LogP contribution < -0.4 is 10.6 Å². The van der Waals surface area contributed by atoms with Gasteiger partial charge in [0.1, 0.15) is 11.6 Å². The standard InChI is InChI=1S/C15H28N2O5S/c1-6-21-12(18)7-9-16-13(19)11(8-10-23-5)17-14(20)22-15(2,3)4/h11H,6-10H2,1-5H3,(H,16,19)(H,17,20). The summed E-state index contributed by atoms with van der Waals surface area (Å²) in [6.07, 6.45) is 1.86. The van der Waals surface area contributed by atoms with E-state index in [2.05, 4.69) is 10.6 Å². The molecule has 0 fully saturated rings. The van der Waals surface area contributed by atoms with Crippen molar-refractivity contribution in [2.45, 2.75) is 52.2 Å². The number of esters is 1. The topological polar surface area (TPSA) is 93.7 Å². The van der Waals surface area contributed by atoms with Crippen molar-refractivity contribution in [3.05, 3.63) is 0 Å². The number of hydrogen-bond acceptors (Lipinski definition) is 6. The summed E-state index contributed by atoms with van der Waals surface area (Å²) >= 11 is 1.58. The Balaban J connectivity index is 4.42. The van der Waals surface area contributed by atoms with E-state index in [0.717, 1.165) is 0 Å². The summed E-state index contributed by atoms with van der Waals surface area (Å²) in [4.78, 5) is 35.2. The lowest BCUT2D eigenvalue weighted by atomic mass is 10.2. The number of amides is 2. The van der Waals surface area contributed by atoms with E-state index in [1.165, 1.54) is 0 Å². The fourth-order valence-electron chi connectivity index (χ4n) is 1.60. The maximum Gasteiger partial charge on any atom is 0.408 e. The Labute approximate surface area is 142 Å². The fraction of sp³-hybridized carbons (Fsp3) is 0.800. The molecule has 2 N–H and O–H groups in total. The molecule has 0 aromatic rings. The molecule has 1 unspecified atom stereocenters. The van der Waals surface area contributed by atoms with Gasteiger partial charge in [0, 0.05) is 6.54 Å². The summed E-state index contributed by atoms with van der Waals surface area (Å²) in [6.45, 7) is 7.46. The van der Waals surface area contributed by atoms with Gasteiger partial charge < -0.3 is 20.1 Å². The number of carbonyl (C=O) groups is 3. The molecular formula is C15H28N2O5S. The number of thioether (sulfide) groups is 1. The summed E-state index contributed by atoms with van der Waals surface area (Å²) in [5.41, 5.74) is -0.630. The van der Waals surface area contributed by atoms with Crippen molar-refractivity contribution in [3.63, 3.8) is 0 Å². The zero-order valence-corrected chi connectivity index (χ0v) is 15.4. The largest absolute Gasteiger partial charge is 0.466 e. The van der Waals surface area contributed by atoms with E-state index < -0.39 is 17.7 Å². The van der Waals surface area contributed by atoms with Crippen LogP contribution in [0, 0.1) is 0 Å². The van der Waals surface area contributed by atoms with Crippen molar-refractivity contribution in [2.75, 3.05) is 25.2 Å². The number of nitrogens with one attached hydrogen (secondary N) is 2. The van der Waals surface area contributed by atoms with Crippen LogP contribution in [0.2, 0.25) is 0 Å². The molecule has 2 amide bonds. The summed E-state index contributed by atoms with van der Waals surface area (Å²) < 4.78 is 9.95. The molecule has 134 valence electrons. The summed E-state index contributed by atoms with van der Waals surface area (Å²) in [7, 11) is 0. The number of hydrogen-bond donors (Lipinski definition) is 2. The van der Waals surface area contributed by atoms with Crippen molar-refractivity contribution in [2.24, 2.45) is 0 Å². The molecule has 7 nitrogen and oxygen atoms in total. The van der Waals surface area contributed by atoms with E-state index in [0.29, 0.717) is 18.8 Å². The zero-order valence-electron chi connectivity index (χ0n) is 14.6. The van der Waals surface area contributed by atoms with Crippen LogP contribution in [0.25, 0.3) is 0 Å². The Kier molecular flexibility index (Phi) is 10.5. The number of ether oxygens (including phenoxy) is 2. The molecule has 1 atom stereocenters. The molecule has 0 heterocycles. The van der Waals surface area contributed by atoms with Crippen LogP contribution in [-0.4, -0.2) is 54.8 Å². The van der Waals surface area contributed by atoms with E-state index in [9.17, 15) is 14.4 Å². The Morgan fingerprint density at radius 3 is 2.39 bits per heavy atom. The SMILES string of the molecule is CCOC(=O)CCNC(=O)C(CCSC)NC(=O)OC(C)(C)C. The predicted octanol–water partition coefficient (Wildman–Crippen LogP) is 1.70. The maximum atomic E-state index is 12.1. The molecule has 0 saturated carbocycles. The van der Waals surface area contributed by atoms with E-state index in [1.807, 2.05) is 6.26 Å². The third-order valence-corrected chi connectivity index (χ3v) is 3.20. The molecule has 0 aromatic carbocycles. The minimum absolute atomic E-state index is 0.0985. The van der Waals surface area contributed by atoms with Gasteiger partial charge in [0.05, 0.1) is 13.0 Å². The van der Waals surface area contributed by atoms with Gasteiger partial charge in [0.15, 0.2) is 0 Å². The highest BCUT2D eigenvalue weighted by molar-refractivity contribution is 7.98. The van der Waals surface area contributed by atoms with Crippen molar-refractivity contribution in [3.8, 4) is 0 Å². The van der Waals surface area contributed by atoms with Crippen LogP contribution in [0.5, 0.6) is 0 Å². The summed E-state index contributed by atoms with van der Waals surface area (Å²) in [5.74, 6) is 0.00828. The lowest BCUT2D eigenvalue weighted by Crippen LogP contribution is -2.48. The third-order valence-electron chi connectivity index (χ3n) is 2.55. The minimum atomic E-state index is -0.695. The van der Waals surface area contributed by atoms with Gasteiger partial charge in [-0.25, -0.2) is 4.79 Å². The average Bonchev–Trinajstić information content (AvgIpc) is 2.41. The van der Waals surface area contributed by atoms with Gasteiger partial charge in [-0.15, -0.1) is 0 Å². The van der Waals surface area contributed by atoms with Crippen molar-refractivity contribution in [1.29, 1.82) is 0 Å². The Morgan fingerprint density at radius 1 is 1.22 bits per heavy atom. The maximum absolute atomic E-state index is 12.1. The number of alkyl carbamates (subject to hydrolysis) is 1. The molecule has 0 aromatic heterocycles. The monoisotopic (exact) mass is 348 g/mol. The highest BCUT2D eigenvalue weighted by Crippen LogP contribution is 2.08. The molecule has 0 bridgehead atoms. The van der Waals surface area contributed by atoms with Gasteiger partial charge in [-0.2, -0.15) is 11.8 Å². The van der Waals surface area contributed by atoms with E-state index in [4.69, 9.17) is 9.47 Å². The van der Waals surface area contributed by atoms with Crippen LogP contribution >= 0.6 is 11.8 Å². The number of rotatable bonds is 9. The van der Waals surface area contributed by atoms with Crippen LogP contribution in [0.3, 0.4) is 0 Å². The third kappa shape index (κ3) is 11.7. The molecule has 23 heavy (non-hydrogen) atoms. The fourth-order valence-corrected chi connectivity index (χ4v) is 2.07. The number of carbonyl (C=O) groups excluding carboxylic acids is 3. The Bertz CT molecular complexity index is 396. The smallest absolute Gasteiger partial charge is 0.408 e. The second kappa shape index (κ2) is 11.2. The van der Waals surface area contributed by atoms with E-state index >= 15 is 0 Å². The first-order valence-corrected chi connectivity index (χ1v) is 9.00. The van der Waals surface area contributed by atoms with E-state index in [1.54, 1.807) is 39.5 Å². The Hall–Kier alpha value is -1.44. The second-order valence-electron chi connectivity index (χ2n) is 5.83. The average molecular weight is 348 g/mol. The van der Waals surface area contributed by atoms with Crippen molar-refractivity contribution in [1.82, 2.24) is 10.6 Å². The molecule has 0 saturated heterocycles. The van der Waals surface area contributed by atoms with Crippen LogP contribution in [0.15, 0.2) is 0 Å². The molecule has 0 aliphatic rings. The lowest BCUT2D eigenvalue weighted by Gasteiger charge is -2.23. The van der Waals surface area contributed by atoms with Gasteiger partial charge in [-0.05, 0) is 46.1 Å². The first-order chi connectivity index (χ1) is 10.7. The Morgan fingerprint density at radius 2 is 1.87 bits per heavy atom. The van der Waals surface area contributed by atoms with Crippen LogP contribution in [-0.2, 0) is 19.1 Å². The summed E-state index contributed by atoms with van der Waals surface area (Å²) in [5, 5.41) is 5.20. The minimum Gasteiger partial charge on any atom is -0.466 e. The lowest BCUT2D eigenvalue weighted by molar-refractivity contribution is -0.143. The highest BCUT2D eigenvalue weighted by Gasteiger charge is 2.24. The predicted molar refractivity (Wildman–Crippen MR) is 90.4 cm³/mol. The summed E-state index contributed by atoms with van der Waals surface area (Å²) in [6, 6.07) is -0.695. The first kappa shape index (κ1) is 21.6. The van der Waals surface area contributed by atoms with Crippen LogP contribution in [0.4, 0.5) is 4.79 Å². The van der Waals surface area contributed by atoms with Crippen molar-refractivity contribution >= 4 is 29.7 Å². The van der Waals surface area contributed by atoms with Gasteiger partial charge in [-0.1, -0.05) is 0 Å². The van der Waals surface area contributed by atoms with Gasteiger partial charge in [0.2, 0.25) is 5.91 Å².